The van der Waals surface area contributed by atoms with Crippen LogP contribution in [0.4, 0.5) is 0 Å². The topological polar surface area (TPSA) is 32.3 Å². The number of hydrogen-bond acceptors (Lipinski definition) is 2. The molecule has 102 valence electrons. The van der Waals surface area contributed by atoms with Crippen LogP contribution in [0.5, 0.6) is 0 Å². The zero-order valence-corrected chi connectivity index (χ0v) is 12.8. The van der Waals surface area contributed by atoms with Crippen LogP contribution in [-0.2, 0) is 0 Å². The number of aliphatic hydroxyl groups excluding tert-OH is 1. The van der Waals surface area contributed by atoms with Gasteiger partial charge in [0.15, 0.2) is 0 Å². The molecular weight excluding hydrogens is 269 g/mol. The number of benzene rings is 1. The third kappa shape index (κ3) is 4.13. The summed E-state index contributed by atoms with van der Waals surface area (Å²) in [6.45, 7) is 8.31. The van der Waals surface area contributed by atoms with Gasteiger partial charge in [-0.25, -0.2) is 0 Å². The molecule has 2 atom stereocenters. The molecule has 0 aliphatic carbocycles. The lowest BCUT2D eigenvalue weighted by Crippen LogP contribution is -2.46. The lowest BCUT2D eigenvalue weighted by Gasteiger charge is -2.31. The van der Waals surface area contributed by atoms with Crippen LogP contribution in [0.3, 0.4) is 0 Å². The lowest BCUT2D eigenvalue weighted by atomic mass is 9.97. The van der Waals surface area contributed by atoms with Crippen molar-refractivity contribution < 1.29 is 5.11 Å². The van der Waals surface area contributed by atoms with E-state index in [1.165, 1.54) is 0 Å². The van der Waals surface area contributed by atoms with Gasteiger partial charge in [0.1, 0.15) is 0 Å². The van der Waals surface area contributed by atoms with E-state index < -0.39 is 6.10 Å². The number of rotatable bonds is 5. The molecule has 2 nitrogen and oxygen atoms in total. The number of hydrogen-bond donors (Lipinski definition) is 2. The molecule has 0 radical (unpaired) electrons. The second kappa shape index (κ2) is 6.25. The number of nitrogens with one attached hydrogen (secondary N) is 1. The Hall–Kier alpha value is -0.280. The Morgan fingerprint density at radius 2 is 1.89 bits per heavy atom. The van der Waals surface area contributed by atoms with Gasteiger partial charge in [0.25, 0.3) is 0 Å². The van der Waals surface area contributed by atoms with E-state index in [2.05, 4.69) is 26.1 Å². The van der Waals surface area contributed by atoms with Gasteiger partial charge in [-0.15, -0.1) is 0 Å². The van der Waals surface area contributed by atoms with Crippen LogP contribution in [0.2, 0.25) is 10.0 Å². The Bertz CT molecular complexity index is 407. The van der Waals surface area contributed by atoms with E-state index in [0.29, 0.717) is 10.0 Å². The summed E-state index contributed by atoms with van der Waals surface area (Å²) in [5, 5.41) is 14.7. The van der Waals surface area contributed by atoms with E-state index in [4.69, 9.17) is 23.2 Å². The van der Waals surface area contributed by atoms with Crippen molar-refractivity contribution in [1.82, 2.24) is 5.32 Å². The highest BCUT2D eigenvalue weighted by molar-refractivity contribution is 6.42. The van der Waals surface area contributed by atoms with E-state index in [9.17, 15) is 5.11 Å². The molecule has 0 saturated carbocycles. The molecule has 1 aromatic carbocycles. The summed E-state index contributed by atoms with van der Waals surface area (Å²) in [7, 11) is 0. The molecule has 0 aromatic heterocycles. The highest BCUT2D eigenvalue weighted by atomic mass is 35.5. The van der Waals surface area contributed by atoms with Gasteiger partial charge in [-0.05, 0) is 44.9 Å². The molecule has 2 N–H and O–H groups in total. The van der Waals surface area contributed by atoms with Gasteiger partial charge in [-0.2, -0.15) is 0 Å². The number of halogens is 2. The molecule has 0 unspecified atom stereocenters. The predicted octanol–water partition coefficient (Wildman–Crippen LogP) is 4.19. The van der Waals surface area contributed by atoms with E-state index in [-0.39, 0.29) is 11.6 Å². The van der Waals surface area contributed by atoms with Crippen molar-refractivity contribution in [2.24, 2.45) is 0 Å². The lowest BCUT2D eigenvalue weighted by molar-refractivity contribution is 0.118. The van der Waals surface area contributed by atoms with Crippen molar-refractivity contribution in [3.05, 3.63) is 33.8 Å². The summed E-state index contributed by atoms with van der Waals surface area (Å²) in [6.07, 6.45) is 0.386. The SMILES string of the molecule is CCC(C)(C)N[C@H](C)[C@H](O)c1ccc(Cl)c(Cl)c1. The van der Waals surface area contributed by atoms with E-state index in [1.54, 1.807) is 18.2 Å². The first-order valence-electron chi connectivity index (χ1n) is 6.17. The quantitative estimate of drug-likeness (QED) is 0.852. The highest BCUT2D eigenvalue weighted by Gasteiger charge is 2.23. The van der Waals surface area contributed by atoms with Crippen molar-refractivity contribution in [2.75, 3.05) is 0 Å². The van der Waals surface area contributed by atoms with Crippen LogP contribution in [0.1, 0.15) is 45.8 Å². The average Bonchev–Trinajstić information content (AvgIpc) is 2.31. The first-order chi connectivity index (χ1) is 8.26. The molecule has 0 amide bonds. The van der Waals surface area contributed by atoms with Gasteiger partial charge in [-0.3, -0.25) is 0 Å². The Kier molecular flexibility index (Phi) is 5.47. The van der Waals surface area contributed by atoms with Gasteiger partial charge >= 0.3 is 0 Å². The normalized spacial score (nSPS) is 15.5. The largest absolute Gasteiger partial charge is 0.387 e. The Labute approximate surface area is 119 Å². The maximum atomic E-state index is 10.3. The van der Waals surface area contributed by atoms with E-state index in [0.717, 1.165) is 12.0 Å². The van der Waals surface area contributed by atoms with Crippen molar-refractivity contribution in [3.63, 3.8) is 0 Å². The summed E-state index contributed by atoms with van der Waals surface area (Å²) >= 11 is 11.8. The van der Waals surface area contributed by atoms with Gasteiger partial charge in [-0.1, -0.05) is 36.2 Å². The average molecular weight is 290 g/mol. The second-order valence-corrected chi connectivity index (χ2v) is 6.10. The molecule has 0 bridgehead atoms. The minimum Gasteiger partial charge on any atom is -0.387 e. The molecule has 0 spiro atoms. The van der Waals surface area contributed by atoms with Gasteiger partial charge < -0.3 is 10.4 Å². The second-order valence-electron chi connectivity index (χ2n) is 5.29. The fourth-order valence-electron chi connectivity index (χ4n) is 1.78. The molecule has 0 fully saturated rings. The van der Waals surface area contributed by atoms with Crippen molar-refractivity contribution in [2.45, 2.75) is 51.8 Å². The molecule has 1 aromatic rings. The standard InChI is InChI=1S/C14H21Cl2NO/c1-5-14(3,4)17-9(2)13(18)10-6-7-11(15)12(16)8-10/h6-9,13,17-18H,5H2,1-4H3/t9-,13+/m1/s1. The van der Waals surface area contributed by atoms with Gasteiger partial charge in [0.05, 0.1) is 16.1 Å². The fourth-order valence-corrected chi connectivity index (χ4v) is 2.09. The van der Waals surface area contributed by atoms with Crippen molar-refractivity contribution >= 4 is 23.2 Å². The Morgan fingerprint density at radius 3 is 2.39 bits per heavy atom. The fraction of sp³-hybridized carbons (Fsp3) is 0.571. The minimum absolute atomic E-state index is 0.00336. The predicted molar refractivity (Wildman–Crippen MR) is 78.4 cm³/mol. The summed E-state index contributed by atoms with van der Waals surface area (Å²) < 4.78 is 0. The van der Waals surface area contributed by atoms with Crippen LogP contribution >= 0.6 is 23.2 Å². The summed E-state index contributed by atoms with van der Waals surface area (Å²) in [4.78, 5) is 0. The van der Waals surface area contributed by atoms with E-state index in [1.807, 2.05) is 6.92 Å². The zero-order valence-electron chi connectivity index (χ0n) is 11.3. The summed E-state index contributed by atoms with van der Waals surface area (Å²) in [6, 6.07) is 5.17. The van der Waals surface area contributed by atoms with Crippen molar-refractivity contribution in [3.8, 4) is 0 Å². The molecule has 18 heavy (non-hydrogen) atoms. The van der Waals surface area contributed by atoms with Crippen LogP contribution in [0.15, 0.2) is 18.2 Å². The van der Waals surface area contributed by atoms with Crippen molar-refractivity contribution in [1.29, 1.82) is 0 Å². The monoisotopic (exact) mass is 289 g/mol. The summed E-state index contributed by atoms with van der Waals surface area (Å²) in [5.41, 5.74) is 0.771. The Morgan fingerprint density at radius 1 is 1.28 bits per heavy atom. The molecular formula is C14H21Cl2NO. The molecule has 0 aliphatic rings. The van der Waals surface area contributed by atoms with E-state index >= 15 is 0 Å². The molecule has 0 saturated heterocycles. The van der Waals surface area contributed by atoms with Crippen LogP contribution in [0, 0.1) is 0 Å². The number of aliphatic hydroxyl groups is 1. The Balaban J connectivity index is 2.80. The van der Waals surface area contributed by atoms with Crippen LogP contribution in [0.25, 0.3) is 0 Å². The maximum Gasteiger partial charge on any atom is 0.0940 e. The van der Waals surface area contributed by atoms with Crippen LogP contribution in [-0.4, -0.2) is 16.7 Å². The molecule has 4 heteroatoms. The minimum atomic E-state index is -0.606. The molecule has 0 aliphatic heterocycles. The van der Waals surface area contributed by atoms with Gasteiger partial charge in [0.2, 0.25) is 0 Å². The molecule has 0 heterocycles. The van der Waals surface area contributed by atoms with Gasteiger partial charge in [0, 0.05) is 11.6 Å². The zero-order chi connectivity index (χ0) is 13.9. The highest BCUT2D eigenvalue weighted by Crippen LogP contribution is 2.27. The third-order valence-corrected chi connectivity index (χ3v) is 4.00. The smallest absolute Gasteiger partial charge is 0.0940 e. The maximum absolute atomic E-state index is 10.3. The summed E-state index contributed by atoms with van der Waals surface area (Å²) in [5.74, 6) is 0. The third-order valence-electron chi connectivity index (χ3n) is 3.26. The first kappa shape index (κ1) is 15.8. The first-order valence-corrected chi connectivity index (χ1v) is 6.93. The molecule has 1 rings (SSSR count). The van der Waals surface area contributed by atoms with Crippen LogP contribution < -0.4 is 5.32 Å².